The van der Waals surface area contributed by atoms with Crippen LogP contribution in [0.2, 0.25) is 0 Å². The van der Waals surface area contributed by atoms with E-state index in [9.17, 15) is 0 Å². The molecule has 1 aromatic heterocycles. The number of hydrogen-bond donors (Lipinski definition) is 0. The van der Waals surface area contributed by atoms with E-state index in [1.165, 1.54) is 0 Å². The summed E-state index contributed by atoms with van der Waals surface area (Å²) < 4.78 is 11.9. The van der Waals surface area contributed by atoms with Crippen LogP contribution in [0.3, 0.4) is 0 Å². The molecule has 4 heteroatoms. The zero-order valence-corrected chi connectivity index (χ0v) is 13.5. The highest BCUT2D eigenvalue weighted by Gasteiger charge is 2.17. The molecule has 1 aromatic carbocycles. The number of benzene rings is 1. The van der Waals surface area contributed by atoms with Gasteiger partial charge in [-0.05, 0) is 60.5 Å². The van der Waals surface area contributed by atoms with Gasteiger partial charge in [0.25, 0.3) is 0 Å². The molecule has 1 atom stereocenters. The third kappa shape index (κ3) is 3.15. The third-order valence-corrected chi connectivity index (χ3v) is 4.01. The molecule has 0 bridgehead atoms. The Balaban J connectivity index is 2.31. The Morgan fingerprint density at radius 1 is 1.32 bits per heavy atom. The van der Waals surface area contributed by atoms with Crippen molar-refractivity contribution in [2.45, 2.75) is 26.1 Å². The Morgan fingerprint density at radius 3 is 2.58 bits per heavy atom. The first-order chi connectivity index (χ1) is 9.02. The fraction of sp³-hybridized carbons (Fsp3) is 0.333. The molecule has 0 amide bonds. The average Bonchev–Trinajstić information content (AvgIpc) is 2.70. The van der Waals surface area contributed by atoms with Crippen LogP contribution in [0.4, 0.5) is 0 Å². The molecule has 1 heterocycles. The first-order valence-corrected chi connectivity index (χ1v) is 7.39. The second-order valence-corrected chi connectivity index (χ2v) is 5.64. The van der Waals surface area contributed by atoms with Crippen molar-refractivity contribution < 1.29 is 9.15 Å². The Morgan fingerprint density at radius 2 is 2.05 bits per heavy atom. The average molecular weight is 344 g/mol. The van der Waals surface area contributed by atoms with Gasteiger partial charge in [-0.15, -0.1) is 11.6 Å². The number of aryl methyl sites for hydroxylation is 2. The summed E-state index contributed by atoms with van der Waals surface area (Å²) in [6.45, 7) is 6.46. The predicted molar refractivity (Wildman–Crippen MR) is 81.2 cm³/mol. The number of ether oxygens (including phenoxy) is 1. The summed E-state index contributed by atoms with van der Waals surface area (Å²) in [5.74, 6) is 2.57. The molecule has 0 fully saturated rings. The van der Waals surface area contributed by atoms with Gasteiger partial charge >= 0.3 is 0 Å². The summed E-state index contributed by atoms with van der Waals surface area (Å²) in [4.78, 5) is 0. The monoisotopic (exact) mass is 342 g/mol. The summed E-state index contributed by atoms with van der Waals surface area (Å²) in [5, 5.41) is -0.218. The molecular weight excluding hydrogens is 328 g/mol. The van der Waals surface area contributed by atoms with E-state index in [4.69, 9.17) is 20.8 Å². The predicted octanol–water partition coefficient (Wildman–Crippen LogP) is 5.39. The van der Waals surface area contributed by atoms with Gasteiger partial charge in [0.2, 0.25) is 0 Å². The van der Waals surface area contributed by atoms with Gasteiger partial charge in [0.05, 0.1) is 16.5 Å². The lowest BCUT2D eigenvalue weighted by molar-refractivity contribution is 0.338. The molecule has 19 heavy (non-hydrogen) atoms. The van der Waals surface area contributed by atoms with Crippen LogP contribution in [0, 0.1) is 13.8 Å². The van der Waals surface area contributed by atoms with E-state index in [0.717, 1.165) is 32.9 Å². The molecule has 0 aliphatic heterocycles. The van der Waals surface area contributed by atoms with Crippen molar-refractivity contribution in [1.82, 2.24) is 0 Å². The van der Waals surface area contributed by atoms with Crippen molar-refractivity contribution in [3.63, 3.8) is 0 Å². The number of rotatable bonds is 4. The van der Waals surface area contributed by atoms with E-state index in [1.54, 1.807) is 0 Å². The molecule has 1 unspecified atom stereocenters. The zero-order chi connectivity index (χ0) is 14.0. The maximum absolute atomic E-state index is 6.53. The minimum atomic E-state index is -0.218. The second kappa shape index (κ2) is 6.02. The molecular formula is C15H16BrClO2. The van der Waals surface area contributed by atoms with Gasteiger partial charge in [-0.3, -0.25) is 0 Å². The molecule has 102 valence electrons. The summed E-state index contributed by atoms with van der Waals surface area (Å²) in [5.41, 5.74) is 2.02. The minimum absolute atomic E-state index is 0.218. The van der Waals surface area contributed by atoms with Crippen LogP contribution in [-0.2, 0) is 0 Å². The zero-order valence-electron chi connectivity index (χ0n) is 11.2. The molecule has 0 N–H and O–H groups in total. The Hall–Kier alpha value is -0.930. The highest BCUT2D eigenvalue weighted by Crippen LogP contribution is 2.36. The Labute approximate surface area is 126 Å². The van der Waals surface area contributed by atoms with Crippen LogP contribution in [0.1, 0.15) is 34.9 Å². The van der Waals surface area contributed by atoms with E-state index in [2.05, 4.69) is 15.9 Å². The first kappa shape index (κ1) is 14.5. The number of hydrogen-bond acceptors (Lipinski definition) is 2. The summed E-state index contributed by atoms with van der Waals surface area (Å²) in [7, 11) is 0. The highest BCUT2D eigenvalue weighted by atomic mass is 79.9. The van der Waals surface area contributed by atoms with Crippen molar-refractivity contribution in [3.05, 3.63) is 51.4 Å². The molecule has 0 aliphatic rings. The van der Waals surface area contributed by atoms with Gasteiger partial charge in [0.1, 0.15) is 17.3 Å². The topological polar surface area (TPSA) is 22.4 Å². The fourth-order valence-electron chi connectivity index (χ4n) is 2.03. The standard InChI is InChI=1S/C15H16BrClO2/c1-4-18-14-6-5-11(8-13(14)16)15(17)12-7-9(2)19-10(12)3/h5-8,15H,4H2,1-3H3. The largest absolute Gasteiger partial charge is 0.493 e. The van der Waals surface area contributed by atoms with Gasteiger partial charge in [0, 0.05) is 5.56 Å². The maximum Gasteiger partial charge on any atom is 0.133 e. The number of alkyl halides is 1. The minimum Gasteiger partial charge on any atom is -0.493 e. The van der Waals surface area contributed by atoms with Gasteiger partial charge in [-0.1, -0.05) is 6.07 Å². The van der Waals surface area contributed by atoms with Crippen LogP contribution >= 0.6 is 27.5 Å². The molecule has 2 nitrogen and oxygen atoms in total. The maximum atomic E-state index is 6.53. The van der Waals surface area contributed by atoms with E-state index >= 15 is 0 Å². The van der Waals surface area contributed by atoms with Crippen molar-refractivity contribution in [2.75, 3.05) is 6.61 Å². The molecule has 0 saturated heterocycles. The first-order valence-electron chi connectivity index (χ1n) is 6.16. The summed E-state index contributed by atoms with van der Waals surface area (Å²) in [6, 6.07) is 7.89. The SMILES string of the molecule is CCOc1ccc(C(Cl)c2cc(C)oc2C)cc1Br. The summed E-state index contributed by atoms with van der Waals surface area (Å²) in [6.07, 6.45) is 0. The molecule has 2 aromatic rings. The molecule has 0 saturated carbocycles. The highest BCUT2D eigenvalue weighted by molar-refractivity contribution is 9.10. The smallest absolute Gasteiger partial charge is 0.133 e. The van der Waals surface area contributed by atoms with E-state index in [0.29, 0.717) is 6.61 Å². The molecule has 2 rings (SSSR count). The van der Waals surface area contributed by atoms with Crippen molar-refractivity contribution >= 4 is 27.5 Å². The van der Waals surface area contributed by atoms with Gasteiger partial charge in [-0.2, -0.15) is 0 Å². The van der Waals surface area contributed by atoms with Gasteiger partial charge in [-0.25, -0.2) is 0 Å². The Kier molecular flexibility index (Phi) is 4.58. The van der Waals surface area contributed by atoms with Gasteiger partial charge < -0.3 is 9.15 Å². The van der Waals surface area contributed by atoms with E-state index in [1.807, 2.05) is 45.0 Å². The van der Waals surface area contributed by atoms with Crippen LogP contribution in [-0.4, -0.2) is 6.61 Å². The van der Waals surface area contributed by atoms with Crippen molar-refractivity contribution in [2.24, 2.45) is 0 Å². The third-order valence-electron chi connectivity index (χ3n) is 2.90. The van der Waals surface area contributed by atoms with Crippen LogP contribution in [0.25, 0.3) is 0 Å². The molecule has 0 spiro atoms. The number of halogens is 2. The fourth-order valence-corrected chi connectivity index (χ4v) is 2.89. The molecule has 0 aliphatic carbocycles. The number of furan rings is 1. The lowest BCUT2D eigenvalue weighted by Crippen LogP contribution is -1.96. The van der Waals surface area contributed by atoms with Gasteiger partial charge in [0.15, 0.2) is 0 Å². The Bertz CT molecular complexity index is 578. The van der Waals surface area contributed by atoms with Crippen LogP contribution in [0.5, 0.6) is 5.75 Å². The normalized spacial score (nSPS) is 12.5. The second-order valence-electron chi connectivity index (χ2n) is 4.35. The van der Waals surface area contributed by atoms with Crippen molar-refractivity contribution in [1.29, 1.82) is 0 Å². The lowest BCUT2D eigenvalue weighted by Gasteiger charge is -2.12. The van der Waals surface area contributed by atoms with Crippen LogP contribution < -0.4 is 4.74 Å². The van der Waals surface area contributed by atoms with E-state index < -0.39 is 0 Å². The van der Waals surface area contributed by atoms with E-state index in [-0.39, 0.29) is 5.38 Å². The lowest BCUT2D eigenvalue weighted by atomic mass is 10.0. The molecule has 0 radical (unpaired) electrons. The quantitative estimate of drug-likeness (QED) is 0.695. The summed E-state index contributed by atoms with van der Waals surface area (Å²) >= 11 is 10.0. The van der Waals surface area contributed by atoms with Crippen LogP contribution in [0.15, 0.2) is 33.2 Å². The van der Waals surface area contributed by atoms with Crippen molar-refractivity contribution in [3.8, 4) is 5.75 Å².